The van der Waals surface area contributed by atoms with Gasteiger partial charge in [-0.25, -0.2) is 9.59 Å². The fourth-order valence-corrected chi connectivity index (χ4v) is 3.36. The zero-order chi connectivity index (χ0) is 24.5. The van der Waals surface area contributed by atoms with Crippen LogP contribution in [0.5, 0.6) is 23.0 Å². The molecule has 2 aromatic rings. The van der Waals surface area contributed by atoms with Crippen LogP contribution in [-0.2, 0) is 27.4 Å². The van der Waals surface area contributed by atoms with Gasteiger partial charge in [-0.15, -0.1) is 0 Å². The molecule has 11 nitrogen and oxygen atoms in total. The van der Waals surface area contributed by atoms with E-state index in [0.29, 0.717) is 18.0 Å². The van der Waals surface area contributed by atoms with E-state index in [0.717, 1.165) is 42.2 Å². The maximum absolute atomic E-state index is 9.10. The molecule has 0 fully saturated rings. The number of carbonyl (C=O) groups is 2. The van der Waals surface area contributed by atoms with Crippen LogP contribution < -0.4 is 24.3 Å². The van der Waals surface area contributed by atoms with E-state index in [-0.39, 0.29) is 12.9 Å². The van der Waals surface area contributed by atoms with Gasteiger partial charge in [-0.3, -0.25) is 0 Å². The van der Waals surface area contributed by atoms with Gasteiger partial charge in [0.05, 0.1) is 19.9 Å². The van der Waals surface area contributed by atoms with E-state index < -0.39 is 11.9 Å². The molecule has 0 saturated carbocycles. The van der Waals surface area contributed by atoms with Crippen LogP contribution in [0.25, 0.3) is 0 Å². The third kappa shape index (κ3) is 6.75. The van der Waals surface area contributed by atoms with Crippen molar-refractivity contribution in [3.63, 3.8) is 0 Å². The first kappa shape index (κ1) is 24.6. The topological polar surface area (TPSA) is 145 Å². The molecule has 1 atom stereocenters. The van der Waals surface area contributed by atoms with Gasteiger partial charge in [0.25, 0.3) is 0 Å². The summed E-state index contributed by atoms with van der Waals surface area (Å²) in [5.41, 5.74) is 3.30. The number of hydrogen-bond acceptors (Lipinski definition) is 9. The van der Waals surface area contributed by atoms with Crippen LogP contribution in [0, 0.1) is 0 Å². The van der Waals surface area contributed by atoms with Crippen molar-refractivity contribution in [2.24, 2.45) is 5.16 Å². The molecule has 11 heteroatoms. The second-order valence-corrected chi connectivity index (χ2v) is 7.39. The fraction of sp³-hybridized carbons (Fsp3) is 0.348. The minimum Gasteiger partial charge on any atom is -0.497 e. The lowest BCUT2D eigenvalue weighted by Crippen LogP contribution is -2.23. The molecule has 0 aliphatic carbocycles. The first-order valence-electron chi connectivity index (χ1n) is 10.4. The SMILES string of the molecule is COc1ccc(CNCC2=NOC(Cc3cc(OC)c4c(c3)OCO4)C2)cc1.O=C(O)C(=O)O. The number of rotatable bonds is 8. The molecule has 1 unspecified atom stereocenters. The summed E-state index contributed by atoms with van der Waals surface area (Å²) >= 11 is 0. The van der Waals surface area contributed by atoms with Gasteiger partial charge in [-0.05, 0) is 35.4 Å². The van der Waals surface area contributed by atoms with Crippen molar-refractivity contribution in [3.05, 3.63) is 47.5 Å². The minimum absolute atomic E-state index is 0.0165. The third-order valence-corrected chi connectivity index (χ3v) is 4.98. The molecule has 0 amide bonds. The van der Waals surface area contributed by atoms with Gasteiger partial charge >= 0.3 is 11.9 Å². The second-order valence-electron chi connectivity index (χ2n) is 7.39. The molecule has 0 saturated heterocycles. The maximum atomic E-state index is 9.10. The van der Waals surface area contributed by atoms with Gasteiger partial charge in [0, 0.05) is 25.9 Å². The van der Waals surface area contributed by atoms with Gasteiger partial charge < -0.3 is 39.3 Å². The molecule has 4 rings (SSSR count). The summed E-state index contributed by atoms with van der Waals surface area (Å²) in [4.78, 5) is 23.8. The second kappa shape index (κ2) is 11.8. The number of carboxylic acid groups (broad SMARTS) is 2. The van der Waals surface area contributed by atoms with E-state index in [1.807, 2.05) is 24.3 Å². The first-order chi connectivity index (χ1) is 16.4. The van der Waals surface area contributed by atoms with Crippen LogP contribution in [0.4, 0.5) is 0 Å². The van der Waals surface area contributed by atoms with Crippen molar-refractivity contribution in [3.8, 4) is 23.0 Å². The van der Waals surface area contributed by atoms with E-state index in [9.17, 15) is 0 Å². The predicted octanol–water partition coefficient (Wildman–Crippen LogP) is 2.07. The van der Waals surface area contributed by atoms with Gasteiger partial charge in [-0.1, -0.05) is 17.3 Å². The average molecular weight is 474 g/mol. The van der Waals surface area contributed by atoms with Crippen LogP contribution in [0.15, 0.2) is 41.6 Å². The van der Waals surface area contributed by atoms with Crippen molar-refractivity contribution in [1.29, 1.82) is 0 Å². The predicted molar refractivity (Wildman–Crippen MR) is 120 cm³/mol. The number of carboxylic acids is 2. The van der Waals surface area contributed by atoms with Crippen LogP contribution in [0.3, 0.4) is 0 Å². The number of oxime groups is 1. The molecule has 3 N–H and O–H groups in total. The van der Waals surface area contributed by atoms with Crippen molar-refractivity contribution >= 4 is 17.7 Å². The molecular weight excluding hydrogens is 448 g/mol. The number of methoxy groups -OCH3 is 2. The summed E-state index contributed by atoms with van der Waals surface area (Å²) in [7, 11) is 3.30. The van der Waals surface area contributed by atoms with Crippen LogP contribution in [0.2, 0.25) is 0 Å². The third-order valence-electron chi connectivity index (χ3n) is 4.98. The highest BCUT2D eigenvalue weighted by atomic mass is 16.7. The summed E-state index contributed by atoms with van der Waals surface area (Å²) in [6.07, 6.45) is 1.55. The van der Waals surface area contributed by atoms with E-state index in [1.165, 1.54) is 5.56 Å². The van der Waals surface area contributed by atoms with E-state index >= 15 is 0 Å². The lowest BCUT2D eigenvalue weighted by atomic mass is 10.0. The van der Waals surface area contributed by atoms with Crippen LogP contribution in [0.1, 0.15) is 17.5 Å². The Hall–Kier alpha value is -3.99. The van der Waals surface area contributed by atoms with Crippen LogP contribution >= 0.6 is 0 Å². The molecule has 2 aliphatic heterocycles. The van der Waals surface area contributed by atoms with E-state index in [1.54, 1.807) is 14.2 Å². The number of hydrogen-bond donors (Lipinski definition) is 3. The molecule has 34 heavy (non-hydrogen) atoms. The number of nitrogens with one attached hydrogen (secondary N) is 1. The Balaban J connectivity index is 0.000000481. The normalized spacial score (nSPS) is 15.5. The number of benzene rings is 2. The number of aliphatic carboxylic acids is 2. The average Bonchev–Trinajstić information content (AvgIpc) is 3.49. The van der Waals surface area contributed by atoms with Crippen molar-refractivity contribution in [1.82, 2.24) is 5.32 Å². The van der Waals surface area contributed by atoms with Gasteiger partial charge in [-0.2, -0.15) is 0 Å². The molecule has 0 bridgehead atoms. The lowest BCUT2D eigenvalue weighted by Gasteiger charge is -2.11. The van der Waals surface area contributed by atoms with Crippen molar-refractivity contribution < 1.29 is 43.6 Å². The lowest BCUT2D eigenvalue weighted by molar-refractivity contribution is -0.159. The Labute approximate surface area is 195 Å². The molecule has 2 heterocycles. The van der Waals surface area contributed by atoms with Crippen molar-refractivity contribution in [2.45, 2.75) is 25.5 Å². The smallest absolute Gasteiger partial charge is 0.414 e. The fourth-order valence-electron chi connectivity index (χ4n) is 3.36. The summed E-state index contributed by atoms with van der Waals surface area (Å²) in [6.45, 7) is 1.70. The number of nitrogens with zero attached hydrogens (tertiary/aromatic N) is 1. The summed E-state index contributed by atoms with van der Waals surface area (Å²) < 4.78 is 21.5. The monoisotopic (exact) mass is 474 g/mol. The van der Waals surface area contributed by atoms with Crippen molar-refractivity contribution in [2.75, 3.05) is 27.6 Å². The Bertz CT molecular complexity index is 1030. The molecule has 2 aromatic carbocycles. The molecule has 182 valence electrons. The molecule has 0 radical (unpaired) electrons. The molecular formula is C23H26N2O9. The quantitative estimate of drug-likeness (QED) is 0.486. The molecule has 2 aliphatic rings. The van der Waals surface area contributed by atoms with Gasteiger partial charge in [0.1, 0.15) is 11.9 Å². The van der Waals surface area contributed by atoms with E-state index in [2.05, 4.69) is 22.6 Å². The Morgan fingerprint density at radius 3 is 2.41 bits per heavy atom. The molecule has 0 aromatic heterocycles. The van der Waals surface area contributed by atoms with Crippen LogP contribution in [-0.4, -0.2) is 61.5 Å². The highest BCUT2D eigenvalue weighted by molar-refractivity contribution is 6.27. The Morgan fingerprint density at radius 1 is 1.03 bits per heavy atom. The first-order valence-corrected chi connectivity index (χ1v) is 10.4. The molecule has 0 spiro atoms. The summed E-state index contributed by atoms with van der Waals surface area (Å²) in [6, 6.07) is 12.0. The standard InChI is InChI=1S/C21H24N2O5.C2H2O4/c1-24-17-5-3-14(4-6-17)11-22-12-16-10-18(28-23-16)7-15-8-19(25-2)21-20(9-15)26-13-27-21;3-1(4)2(5)6/h3-6,8-9,18,22H,7,10-13H2,1-2H3;(H,3,4)(H,5,6). The maximum Gasteiger partial charge on any atom is 0.414 e. The number of fused-ring (bicyclic) bond motifs is 1. The zero-order valence-electron chi connectivity index (χ0n) is 18.8. The minimum atomic E-state index is -1.82. The number of ether oxygens (including phenoxy) is 4. The Morgan fingerprint density at radius 2 is 1.76 bits per heavy atom. The zero-order valence-corrected chi connectivity index (χ0v) is 18.8. The largest absolute Gasteiger partial charge is 0.497 e. The van der Waals surface area contributed by atoms with Gasteiger partial charge in [0.2, 0.25) is 12.5 Å². The summed E-state index contributed by atoms with van der Waals surface area (Å²) in [5, 5.41) is 22.4. The summed E-state index contributed by atoms with van der Waals surface area (Å²) in [5.74, 6) is -0.719. The van der Waals surface area contributed by atoms with E-state index in [4.69, 9.17) is 43.6 Å². The highest BCUT2D eigenvalue weighted by Gasteiger charge is 2.25. The highest BCUT2D eigenvalue weighted by Crippen LogP contribution is 2.42. The Kier molecular flexibility index (Phi) is 8.52. The van der Waals surface area contributed by atoms with Gasteiger partial charge in [0.15, 0.2) is 11.5 Å².